The van der Waals surface area contributed by atoms with Crippen molar-refractivity contribution in [3.05, 3.63) is 0 Å². The molecule has 2 aliphatic rings. The van der Waals surface area contributed by atoms with Crippen LogP contribution in [0.1, 0.15) is 32.1 Å². The number of guanidine groups is 1. The number of likely N-dealkylation sites (N-methyl/N-ethyl adjacent to an activating group) is 1. The predicted octanol–water partition coefficient (Wildman–Crippen LogP) is 0.384. The highest BCUT2D eigenvalue weighted by molar-refractivity contribution is 5.80. The van der Waals surface area contributed by atoms with Crippen molar-refractivity contribution in [2.75, 3.05) is 27.2 Å². The summed E-state index contributed by atoms with van der Waals surface area (Å²) in [5, 5.41) is 0. The summed E-state index contributed by atoms with van der Waals surface area (Å²) in [5.74, 6) is 6.51. The largest absolute Gasteiger partial charge is 0.340 e. The van der Waals surface area contributed by atoms with Gasteiger partial charge in [-0.1, -0.05) is 12.8 Å². The van der Waals surface area contributed by atoms with E-state index in [0.29, 0.717) is 12.1 Å². The molecule has 3 N–H and O–H groups in total. The van der Waals surface area contributed by atoms with Crippen LogP contribution in [0.4, 0.5) is 0 Å². The molecule has 0 radical (unpaired) electrons. The predicted molar refractivity (Wildman–Crippen MR) is 70.7 cm³/mol. The standard InChI is InChI=1S/C12H25N5/c1-16(2)11-7-8-17(9-11)12(15-13)14-10-5-3-4-6-10/h10-11H,3-9,13H2,1-2H3,(H,14,15). The molecule has 2 fully saturated rings. The SMILES string of the molecule is CN(C)C1CCN(C(=NC2CCCC2)NN)C1. The third-order valence-electron chi connectivity index (χ3n) is 3.95. The van der Waals surface area contributed by atoms with Gasteiger partial charge in [0.2, 0.25) is 5.96 Å². The van der Waals surface area contributed by atoms with Gasteiger partial charge in [-0.3, -0.25) is 5.43 Å². The van der Waals surface area contributed by atoms with Crippen molar-refractivity contribution in [3.8, 4) is 0 Å². The minimum absolute atomic E-state index is 0.486. The second-order valence-electron chi connectivity index (χ2n) is 5.39. The molecular weight excluding hydrogens is 214 g/mol. The average Bonchev–Trinajstić information content (AvgIpc) is 2.96. The summed E-state index contributed by atoms with van der Waals surface area (Å²) < 4.78 is 0. The highest BCUT2D eigenvalue weighted by Crippen LogP contribution is 2.22. The van der Waals surface area contributed by atoms with E-state index < -0.39 is 0 Å². The van der Waals surface area contributed by atoms with Gasteiger partial charge in [-0.15, -0.1) is 0 Å². The lowest BCUT2D eigenvalue weighted by Gasteiger charge is -2.23. The summed E-state index contributed by atoms with van der Waals surface area (Å²) in [6.45, 7) is 2.08. The first-order valence-corrected chi connectivity index (χ1v) is 6.66. The lowest BCUT2D eigenvalue weighted by Crippen LogP contribution is -2.45. The molecule has 0 aromatic heterocycles. The van der Waals surface area contributed by atoms with Crippen molar-refractivity contribution < 1.29 is 0 Å². The van der Waals surface area contributed by atoms with Crippen LogP contribution < -0.4 is 11.3 Å². The Hall–Kier alpha value is -0.810. The molecule has 1 heterocycles. The Morgan fingerprint density at radius 2 is 2.00 bits per heavy atom. The molecule has 1 saturated heterocycles. The van der Waals surface area contributed by atoms with E-state index in [4.69, 9.17) is 10.8 Å². The average molecular weight is 239 g/mol. The first-order valence-electron chi connectivity index (χ1n) is 6.66. The van der Waals surface area contributed by atoms with Gasteiger partial charge in [0, 0.05) is 19.1 Å². The van der Waals surface area contributed by atoms with Crippen LogP contribution in [0, 0.1) is 0 Å². The number of nitrogens with two attached hydrogens (primary N) is 1. The molecular formula is C12H25N5. The molecule has 5 nitrogen and oxygen atoms in total. The van der Waals surface area contributed by atoms with Crippen LogP contribution in [0.5, 0.6) is 0 Å². The molecule has 1 atom stereocenters. The number of nitrogens with zero attached hydrogens (tertiary/aromatic N) is 3. The van der Waals surface area contributed by atoms with Crippen molar-refractivity contribution in [1.29, 1.82) is 0 Å². The molecule has 1 saturated carbocycles. The smallest absolute Gasteiger partial charge is 0.208 e. The fourth-order valence-electron chi connectivity index (χ4n) is 2.77. The molecule has 0 bridgehead atoms. The molecule has 1 unspecified atom stereocenters. The molecule has 0 amide bonds. The second-order valence-corrected chi connectivity index (χ2v) is 5.39. The first-order chi connectivity index (χ1) is 8.20. The Balaban J connectivity index is 1.94. The summed E-state index contributed by atoms with van der Waals surface area (Å²) in [6.07, 6.45) is 6.25. The van der Waals surface area contributed by atoms with E-state index in [1.165, 1.54) is 32.1 Å². The minimum atomic E-state index is 0.486. The summed E-state index contributed by atoms with van der Waals surface area (Å²) in [7, 11) is 4.27. The van der Waals surface area contributed by atoms with Gasteiger partial charge < -0.3 is 9.80 Å². The lowest BCUT2D eigenvalue weighted by atomic mass is 10.2. The summed E-state index contributed by atoms with van der Waals surface area (Å²) in [4.78, 5) is 9.32. The van der Waals surface area contributed by atoms with E-state index in [2.05, 4.69) is 29.3 Å². The number of hydrogen-bond donors (Lipinski definition) is 2. The van der Waals surface area contributed by atoms with E-state index in [1.54, 1.807) is 0 Å². The molecule has 0 spiro atoms. The Morgan fingerprint density at radius 3 is 2.53 bits per heavy atom. The topological polar surface area (TPSA) is 56.9 Å². The Kier molecular flexibility index (Phi) is 4.23. The van der Waals surface area contributed by atoms with Crippen LogP contribution in [0.2, 0.25) is 0 Å². The summed E-state index contributed by atoms with van der Waals surface area (Å²) in [6, 6.07) is 1.11. The molecule has 17 heavy (non-hydrogen) atoms. The summed E-state index contributed by atoms with van der Waals surface area (Å²) in [5.41, 5.74) is 2.79. The number of aliphatic imine (C=N–C) groups is 1. The van der Waals surface area contributed by atoms with Crippen molar-refractivity contribution in [2.45, 2.75) is 44.2 Å². The van der Waals surface area contributed by atoms with E-state index in [0.717, 1.165) is 19.0 Å². The van der Waals surface area contributed by atoms with Crippen LogP contribution in [-0.4, -0.2) is 55.0 Å². The Bertz CT molecular complexity index is 270. The fraction of sp³-hybridized carbons (Fsp3) is 0.917. The van der Waals surface area contributed by atoms with Gasteiger partial charge in [-0.25, -0.2) is 10.8 Å². The number of likely N-dealkylation sites (tertiary alicyclic amines) is 1. The van der Waals surface area contributed by atoms with Crippen LogP contribution in [0.15, 0.2) is 4.99 Å². The zero-order chi connectivity index (χ0) is 12.3. The maximum atomic E-state index is 5.62. The Morgan fingerprint density at radius 1 is 1.29 bits per heavy atom. The van der Waals surface area contributed by atoms with Crippen molar-refractivity contribution >= 4 is 5.96 Å². The molecule has 0 aromatic rings. The van der Waals surface area contributed by atoms with Crippen LogP contribution in [-0.2, 0) is 0 Å². The van der Waals surface area contributed by atoms with E-state index in [-0.39, 0.29) is 0 Å². The lowest BCUT2D eigenvalue weighted by molar-refractivity contribution is 0.299. The van der Waals surface area contributed by atoms with E-state index in [9.17, 15) is 0 Å². The second kappa shape index (κ2) is 5.69. The molecule has 1 aliphatic carbocycles. The van der Waals surface area contributed by atoms with Crippen LogP contribution in [0.25, 0.3) is 0 Å². The van der Waals surface area contributed by atoms with Crippen LogP contribution in [0.3, 0.4) is 0 Å². The maximum absolute atomic E-state index is 5.62. The number of nitrogens with one attached hydrogen (secondary N) is 1. The number of hydrazine groups is 1. The van der Waals surface area contributed by atoms with Gasteiger partial charge in [0.15, 0.2) is 0 Å². The van der Waals surface area contributed by atoms with Gasteiger partial charge in [-0.2, -0.15) is 0 Å². The normalized spacial score (nSPS) is 27.2. The van der Waals surface area contributed by atoms with Gasteiger partial charge in [0.1, 0.15) is 0 Å². The molecule has 1 aliphatic heterocycles. The third-order valence-corrected chi connectivity index (χ3v) is 3.95. The number of hydrogen-bond acceptors (Lipinski definition) is 3. The molecule has 0 aromatic carbocycles. The Labute approximate surface area is 104 Å². The highest BCUT2D eigenvalue weighted by Gasteiger charge is 2.26. The fourth-order valence-corrected chi connectivity index (χ4v) is 2.77. The molecule has 2 rings (SSSR count). The van der Waals surface area contributed by atoms with Gasteiger partial charge >= 0.3 is 0 Å². The van der Waals surface area contributed by atoms with E-state index in [1.807, 2.05) is 0 Å². The highest BCUT2D eigenvalue weighted by atomic mass is 15.4. The van der Waals surface area contributed by atoms with E-state index >= 15 is 0 Å². The zero-order valence-corrected chi connectivity index (χ0v) is 11.0. The minimum Gasteiger partial charge on any atom is -0.340 e. The zero-order valence-electron chi connectivity index (χ0n) is 11.0. The van der Waals surface area contributed by atoms with Gasteiger partial charge in [0.05, 0.1) is 6.04 Å². The first kappa shape index (κ1) is 12.6. The molecule has 5 heteroatoms. The van der Waals surface area contributed by atoms with Crippen LogP contribution >= 0.6 is 0 Å². The van der Waals surface area contributed by atoms with Gasteiger partial charge in [-0.05, 0) is 33.4 Å². The van der Waals surface area contributed by atoms with Gasteiger partial charge in [0.25, 0.3) is 0 Å². The van der Waals surface area contributed by atoms with Crippen molar-refractivity contribution in [1.82, 2.24) is 15.2 Å². The van der Waals surface area contributed by atoms with Crippen molar-refractivity contribution in [2.24, 2.45) is 10.8 Å². The number of rotatable bonds is 2. The quantitative estimate of drug-likeness (QED) is 0.317. The molecule has 98 valence electrons. The third kappa shape index (κ3) is 3.10. The summed E-state index contributed by atoms with van der Waals surface area (Å²) >= 11 is 0. The monoisotopic (exact) mass is 239 g/mol. The maximum Gasteiger partial charge on any atom is 0.208 e. The van der Waals surface area contributed by atoms with Crippen molar-refractivity contribution in [3.63, 3.8) is 0 Å².